The van der Waals surface area contributed by atoms with E-state index in [0.29, 0.717) is 47.1 Å². The van der Waals surface area contributed by atoms with Gasteiger partial charge >= 0.3 is 0 Å². The molecule has 2 aromatic rings. The van der Waals surface area contributed by atoms with E-state index in [1.54, 1.807) is 21.3 Å². The minimum absolute atomic E-state index is 0.486. The topological polar surface area (TPSA) is 82.3 Å². The van der Waals surface area contributed by atoms with E-state index in [4.69, 9.17) is 23.5 Å². The molecule has 0 spiro atoms. The van der Waals surface area contributed by atoms with Crippen molar-refractivity contribution in [2.24, 2.45) is 0 Å². The lowest BCUT2D eigenvalue weighted by atomic mass is 9.99. The first-order valence-electron chi connectivity index (χ1n) is 11.4. The molecule has 2 aliphatic rings. The van der Waals surface area contributed by atoms with Crippen molar-refractivity contribution in [2.75, 3.05) is 60.7 Å². The van der Waals surface area contributed by atoms with Gasteiger partial charge in [-0.2, -0.15) is 4.98 Å². The predicted octanol–water partition coefficient (Wildman–Crippen LogP) is 2.84. The van der Waals surface area contributed by atoms with Crippen molar-refractivity contribution < 1.29 is 23.5 Å². The summed E-state index contributed by atoms with van der Waals surface area (Å²) in [6, 6.07) is 4.22. The second-order valence-electron chi connectivity index (χ2n) is 8.26. The van der Waals surface area contributed by atoms with Crippen LogP contribution in [0.1, 0.15) is 31.6 Å². The molecule has 2 fully saturated rings. The third kappa shape index (κ3) is 5.16. The fourth-order valence-electron chi connectivity index (χ4n) is 4.63. The molecule has 1 atom stereocenters. The third-order valence-corrected chi connectivity index (χ3v) is 6.38. The van der Waals surface area contributed by atoms with Crippen molar-refractivity contribution in [1.29, 1.82) is 0 Å². The Morgan fingerprint density at radius 2 is 1.81 bits per heavy atom. The Labute approximate surface area is 189 Å². The van der Waals surface area contributed by atoms with Crippen LogP contribution in [0.5, 0.6) is 17.2 Å². The molecule has 0 unspecified atom stereocenters. The molecule has 2 aliphatic heterocycles. The van der Waals surface area contributed by atoms with Gasteiger partial charge in [0.25, 0.3) is 0 Å². The van der Waals surface area contributed by atoms with E-state index in [0.717, 1.165) is 45.8 Å². The van der Waals surface area contributed by atoms with Gasteiger partial charge in [0, 0.05) is 19.1 Å². The number of rotatable bonds is 9. The maximum atomic E-state index is 5.64. The Kier molecular flexibility index (Phi) is 7.83. The first-order valence-corrected chi connectivity index (χ1v) is 11.4. The number of hydrogen-bond acceptors (Lipinski definition) is 9. The SMILES string of the molecule is COc1ccc(-c2noc(CN3CCCC[C@@H]3CCN3CCOCC3)n2)c(OC)c1OC. The summed E-state index contributed by atoms with van der Waals surface area (Å²) in [5, 5.41) is 4.22. The second kappa shape index (κ2) is 11.0. The van der Waals surface area contributed by atoms with Crippen LogP contribution in [0.4, 0.5) is 0 Å². The minimum Gasteiger partial charge on any atom is -0.493 e. The molecule has 1 aromatic heterocycles. The van der Waals surface area contributed by atoms with Crippen molar-refractivity contribution >= 4 is 0 Å². The Morgan fingerprint density at radius 3 is 2.56 bits per heavy atom. The number of benzene rings is 1. The molecule has 0 amide bonds. The van der Waals surface area contributed by atoms with E-state index >= 15 is 0 Å². The summed E-state index contributed by atoms with van der Waals surface area (Å²) in [5.41, 5.74) is 0.711. The Balaban J connectivity index is 1.45. The second-order valence-corrected chi connectivity index (χ2v) is 8.26. The Morgan fingerprint density at radius 1 is 1.00 bits per heavy atom. The zero-order chi connectivity index (χ0) is 22.3. The minimum atomic E-state index is 0.486. The summed E-state index contributed by atoms with van der Waals surface area (Å²) in [4.78, 5) is 9.67. The van der Waals surface area contributed by atoms with Crippen LogP contribution in [0.2, 0.25) is 0 Å². The molecular weight excluding hydrogens is 412 g/mol. The summed E-state index contributed by atoms with van der Waals surface area (Å²) in [6.45, 7) is 6.60. The van der Waals surface area contributed by atoms with Gasteiger partial charge in [-0.3, -0.25) is 9.80 Å². The van der Waals surface area contributed by atoms with E-state index in [2.05, 4.69) is 19.9 Å². The van der Waals surface area contributed by atoms with E-state index < -0.39 is 0 Å². The van der Waals surface area contributed by atoms with Crippen LogP contribution in [-0.4, -0.2) is 86.7 Å². The highest BCUT2D eigenvalue weighted by molar-refractivity contribution is 5.71. The number of piperidine rings is 1. The number of nitrogens with zero attached hydrogens (tertiary/aromatic N) is 4. The van der Waals surface area contributed by atoms with Gasteiger partial charge < -0.3 is 23.5 Å². The molecule has 9 nitrogen and oxygen atoms in total. The van der Waals surface area contributed by atoms with Crippen LogP contribution in [0.15, 0.2) is 16.7 Å². The average Bonchev–Trinajstić information content (AvgIpc) is 3.31. The highest BCUT2D eigenvalue weighted by Crippen LogP contribution is 2.43. The molecule has 32 heavy (non-hydrogen) atoms. The van der Waals surface area contributed by atoms with Gasteiger partial charge in [-0.25, -0.2) is 0 Å². The van der Waals surface area contributed by atoms with Crippen molar-refractivity contribution in [3.8, 4) is 28.6 Å². The summed E-state index contributed by atoms with van der Waals surface area (Å²) in [7, 11) is 4.77. The van der Waals surface area contributed by atoms with Gasteiger partial charge in [0.15, 0.2) is 11.5 Å². The maximum absolute atomic E-state index is 5.64. The standard InChI is InChI=1S/C23H34N4O5/c1-28-19-8-7-18(21(29-2)22(19)30-3)23-24-20(32-25-23)16-27-10-5-4-6-17(27)9-11-26-12-14-31-15-13-26/h7-8,17H,4-6,9-16H2,1-3H3/t17-/m1/s1. The molecule has 176 valence electrons. The number of methoxy groups -OCH3 is 3. The first kappa shape index (κ1) is 22.8. The number of ether oxygens (including phenoxy) is 4. The van der Waals surface area contributed by atoms with E-state index in [1.807, 2.05) is 12.1 Å². The highest BCUT2D eigenvalue weighted by atomic mass is 16.5. The normalized spacial score (nSPS) is 20.3. The number of hydrogen-bond donors (Lipinski definition) is 0. The largest absolute Gasteiger partial charge is 0.493 e. The van der Waals surface area contributed by atoms with Crippen molar-refractivity contribution in [1.82, 2.24) is 19.9 Å². The molecule has 0 aliphatic carbocycles. The van der Waals surface area contributed by atoms with Crippen LogP contribution >= 0.6 is 0 Å². The molecule has 4 rings (SSSR count). The predicted molar refractivity (Wildman–Crippen MR) is 119 cm³/mol. The number of aromatic nitrogens is 2. The summed E-state index contributed by atoms with van der Waals surface area (Å²) in [6.07, 6.45) is 4.86. The molecule has 0 radical (unpaired) electrons. The van der Waals surface area contributed by atoms with Crippen LogP contribution in [0.3, 0.4) is 0 Å². The Hall–Kier alpha value is -2.36. The first-order chi connectivity index (χ1) is 15.7. The molecule has 0 bridgehead atoms. The lowest BCUT2D eigenvalue weighted by molar-refractivity contribution is 0.0294. The van der Waals surface area contributed by atoms with Crippen molar-refractivity contribution in [3.63, 3.8) is 0 Å². The van der Waals surface area contributed by atoms with E-state index in [-0.39, 0.29) is 0 Å². The lowest BCUT2D eigenvalue weighted by Gasteiger charge is -2.36. The van der Waals surface area contributed by atoms with Gasteiger partial charge in [-0.1, -0.05) is 11.6 Å². The summed E-state index contributed by atoms with van der Waals surface area (Å²) in [5.74, 6) is 2.74. The van der Waals surface area contributed by atoms with Crippen molar-refractivity contribution in [2.45, 2.75) is 38.3 Å². The van der Waals surface area contributed by atoms with E-state index in [1.165, 1.54) is 19.3 Å². The lowest BCUT2D eigenvalue weighted by Crippen LogP contribution is -2.43. The van der Waals surface area contributed by atoms with Gasteiger partial charge in [0.05, 0.1) is 46.7 Å². The average molecular weight is 447 g/mol. The van der Waals surface area contributed by atoms with Crippen LogP contribution < -0.4 is 14.2 Å². The molecule has 0 N–H and O–H groups in total. The quantitative estimate of drug-likeness (QED) is 0.577. The maximum Gasteiger partial charge on any atom is 0.241 e. The molecule has 3 heterocycles. The fourth-order valence-corrected chi connectivity index (χ4v) is 4.63. The number of likely N-dealkylation sites (tertiary alicyclic amines) is 1. The zero-order valence-corrected chi connectivity index (χ0v) is 19.3. The molecular formula is C23H34N4O5. The Bertz CT molecular complexity index is 868. The highest BCUT2D eigenvalue weighted by Gasteiger charge is 2.26. The third-order valence-electron chi connectivity index (χ3n) is 6.38. The molecule has 1 aromatic carbocycles. The van der Waals surface area contributed by atoms with Crippen LogP contribution in [0, 0.1) is 0 Å². The molecule has 2 saturated heterocycles. The van der Waals surface area contributed by atoms with Crippen LogP contribution in [0.25, 0.3) is 11.4 Å². The van der Waals surface area contributed by atoms with Crippen LogP contribution in [-0.2, 0) is 11.3 Å². The fraction of sp³-hybridized carbons (Fsp3) is 0.652. The van der Waals surface area contributed by atoms with Gasteiger partial charge in [-0.15, -0.1) is 0 Å². The molecule has 9 heteroatoms. The van der Waals surface area contributed by atoms with Gasteiger partial charge in [-0.05, 0) is 44.5 Å². The number of morpholine rings is 1. The molecule has 0 saturated carbocycles. The zero-order valence-electron chi connectivity index (χ0n) is 19.3. The monoisotopic (exact) mass is 446 g/mol. The van der Waals surface area contributed by atoms with Gasteiger partial charge in [0.1, 0.15) is 0 Å². The van der Waals surface area contributed by atoms with Gasteiger partial charge in [0.2, 0.25) is 17.5 Å². The smallest absolute Gasteiger partial charge is 0.241 e. The van der Waals surface area contributed by atoms with E-state index in [9.17, 15) is 0 Å². The summed E-state index contributed by atoms with van der Waals surface area (Å²) < 4.78 is 27.5. The summed E-state index contributed by atoms with van der Waals surface area (Å²) >= 11 is 0. The van der Waals surface area contributed by atoms with Crippen molar-refractivity contribution in [3.05, 3.63) is 18.0 Å².